The van der Waals surface area contributed by atoms with Gasteiger partial charge in [0.1, 0.15) is 17.7 Å². The Morgan fingerprint density at radius 3 is 2.88 bits per heavy atom. The summed E-state index contributed by atoms with van der Waals surface area (Å²) in [6.07, 6.45) is -0.400. The number of amides is 1. The van der Waals surface area contributed by atoms with Crippen LogP contribution in [0.3, 0.4) is 0 Å². The maximum atomic E-state index is 14.0. The Bertz CT molecular complexity index is 738. The van der Waals surface area contributed by atoms with E-state index in [0.29, 0.717) is 17.9 Å². The number of piperidine rings is 1. The Balaban J connectivity index is 1.64. The van der Waals surface area contributed by atoms with Crippen molar-refractivity contribution in [2.45, 2.75) is 25.0 Å². The molecule has 3 N–H and O–H groups in total. The summed E-state index contributed by atoms with van der Waals surface area (Å²) in [6.45, 7) is 1.65. The van der Waals surface area contributed by atoms with E-state index in [1.807, 2.05) is 36.4 Å². The number of ether oxygens (including phenoxy) is 1. The van der Waals surface area contributed by atoms with Crippen LogP contribution in [0.4, 0.5) is 9.18 Å². The van der Waals surface area contributed by atoms with E-state index in [0.717, 1.165) is 18.5 Å². The molecular formula is C19H21FN2O3. The molecule has 1 aliphatic rings. The number of halogens is 1. The highest BCUT2D eigenvalue weighted by molar-refractivity contribution is 5.64. The van der Waals surface area contributed by atoms with Gasteiger partial charge in [0, 0.05) is 25.6 Å². The highest BCUT2D eigenvalue weighted by Crippen LogP contribution is 2.28. The third kappa shape index (κ3) is 4.70. The average molecular weight is 344 g/mol. The van der Waals surface area contributed by atoms with Gasteiger partial charge in [-0.05, 0) is 35.7 Å². The normalized spacial score (nSPS) is 20.0. The van der Waals surface area contributed by atoms with E-state index in [4.69, 9.17) is 9.84 Å². The van der Waals surface area contributed by atoms with Gasteiger partial charge in [0.05, 0.1) is 0 Å². The van der Waals surface area contributed by atoms with Crippen LogP contribution >= 0.6 is 0 Å². The third-order valence-corrected chi connectivity index (χ3v) is 4.30. The van der Waals surface area contributed by atoms with Gasteiger partial charge in [-0.25, -0.2) is 9.18 Å². The van der Waals surface area contributed by atoms with Gasteiger partial charge in [-0.15, -0.1) is 0 Å². The average Bonchev–Trinajstić information content (AvgIpc) is 2.61. The lowest BCUT2D eigenvalue weighted by Crippen LogP contribution is -2.41. The number of benzene rings is 2. The lowest BCUT2D eigenvalue weighted by Gasteiger charge is -2.31. The minimum atomic E-state index is -1.06. The molecule has 0 saturated carbocycles. The van der Waals surface area contributed by atoms with Crippen LogP contribution in [0, 0.1) is 5.82 Å². The Labute approximate surface area is 145 Å². The highest BCUT2D eigenvalue weighted by Gasteiger charge is 2.26. The zero-order chi connectivity index (χ0) is 17.6. The summed E-state index contributed by atoms with van der Waals surface area (Å²) in [5, 5.41) is 14.3. The van der Waals surface area contributed by atoms with Crippen LogP contribution in [0.5, 0.6) is 5.75 Å². The second-order valence-electron chi connectivity index (χ2n) is 6.16. The first-order chi connectivity index (χ1) is 12.1. The minimum Gasteiger partial charge on any atom is -0.489 e. The fourth-order valence-corrected chi connectivity index (χ4v) is 3.13. The molecule has 2 aromatic rings. The van der Waals surface area contributed by atoms with E-state index in [1.165, 1.54) is 6.07 Å². The molecule has 0 bridgehead atoms. The van der Waals surface area contributed by atoms with Crippen molar-refractivity contribution >= 4 is 6.09 Å². The van der Waals surface area contributed by atoms with Crippen LogP contribution in [0.2, 0.25) is 0 Å². The largest absolute Gasteiger partial charge is 0.489 e. The summed E-state index contributed by atoms with van der Waals surface area (Å²) in [7, 11) is 0. The predicted octanol–water partition coefficient (Wildman–Crippen LogP) is 3.12. The van der Waals surface area contributed by atoms with Crippen LogP contribution in [-0.2, 0) is 6.54 Å². The fraction of sp³-hybridized carbons (Fsp3) is 0.316. The molecule has 2 aromatic carbocycles. The van der Waals surface area contributed by atoms with Gasteiger partial charge in [0.15, 0.2) is 0 Å². The molecule has 5 nitrogen and oxygen atoms in total. The van der Waals surface area contributed by atoms with Gasteiger partial charge in [-0.2, -0.15) is 0 Å². The number of carbonyl (C=O) groups is 1. The van der Waals surface area contributed by atoms with E-state index in [1.54, 1.807) is 6.07 Å². The number of carboxylic acid groups (broad SMARTS) is 1. The molecule has 0 radical (unpaired) electrons. The maximum absolute atomic E-state index is 14.0. The van der Waals surface area contributed by atoms with Crippen LogP contribution < -0.4 is 15.4 Å². The topological polar surface area (TPSA) is 70.6 Å². The van der Waals surface area contributed by atoms with Crippen molar-refractivity contribution in [3.8, 4) is 5.75 Å². The van der Waals surface area contributed by atoms with Gasteiger partial charge in [-0.1, -0.05) is 30.3 Å². The molecular weight excluding hydrogens is 323 g/mol. The molecule has 132 valence electrons. The zero-order valence-corrected chi connectivity index (χ0v) is 13.7. The second-order valence-corrected chi connectivity index (χ2v) is 6.16. The molecule has 6 heteroatoms. The van der Waals surface area contributed by atoms with Crippen molar-refractivity contribution in [2.24, 2.45) is 0 Å². The highest BCUT2D eigenvalue weighted by atomic mass is 19.1. The first-order valence-electron chi connectivity index (χ1n) is 8.29. The van der Waals surface area contributed by atoms with Crippen LogP contribution in [0.25, 0.3) is 0 Å². The quantitative estimate of drug-likeness (QED) is 0.779. The smallest absolute Gasteiger partial charge is 0.404 e. The Morgan fingerprint density at radius 2 is 2.08 bits per heavy atom. The molecule has 25 heavy (non-hydrogen) atoms. The molecule has 0 spiro atoms. The van der Waals surface area contributed by atoms with Gasteiger partial charge in [-0.3, -0.25) is 0 Å². The SMILES string of the molecule is O=C(O)NCc1cccc(OC2CNCC(c3ccccc3F)C2)c1. The van der Waals surface area contributed by atoms with Crippen LogP contribution in [0.15, 0.2) is 48.5 Å². The van der Waals surface area contributed by atoms with E-state index in [-0.39, 0.29) is 24.4 Å². The summed E-state index contributed by atoms with van der Waals surface area (Å²) in [4.78, 5) is 10.6. The third-order valence-electron chi connectivity index (χ3n) is 4.30. The standard InChI is InChI=1S/C19H21FN2O3/c20-18-7-2-1-6-17(18)14-9-16(12-21-11-14)25-15-5-3-4-13(8-15)10-22-19(23)24/h1-8,14,16,21-22H,9-12H2,(H,23,24). The van der Waals surface area contributed by atoms with Crippen molar-refractivity contribution in [3.05, 3.63) is 65.5 Å². The minimum absolute atomic E-state index is 0.0665. The molecule has 2 unspecified atom stereocenters. The van der Waals surface area contributed by atoms with Crippen LogP contribution in [0.1, 0.15) is 23.5 Å². The number of hydrogen-bond donors (Lipinski definition) is 3. The molecule has 1 saturated heterocycles. The second kappa shape index (κ2) is 7.98. The predicted molar refractivity (Wildman–Crippen MR) is 92.4 cm³/mol. The molecule has 1 fully saturated rings. The van der Waals surface area contributed by atoms with E-state index >= 15 is 0 Å². The van der Waals surface area contributed by atoms with Gasteiger partial charge >= 0.3 is 6.09 Å². The Morgan fingerprint density at radius 1 is 1.24 bits per heavy atom. The molecule has 1 aliphatic heterocycles. The van der Waals surface area contributed by atoms with Gasteiger partial charge in [0.2, 0.25) is 0 Å². The van der Waals surface area contributed by atoms with E-state index in [2.05, 4.69) is 10.6 Å². The molecule has 3 rings (SSSR count). The van der Waals surface area contributed by atoms with Gasteiger partial charge < -0.3 is 20.5 Å². The summed E-state index contributed by atoms with van der Waals surface area (Å²) in [5.74, 6) is 0.569. The zero-order valence-electron chi connectivity index (χ0n) is 13.7. The molecule has 0 aromatic heterocycles. The van der Waals surface area contributed by atoms with Crippen molar-refractivity contribution in [1.82, 2.24) is 10.6 Å². The number of hydrogen-bond acceptors (Lipinski definition) is 3. The Hall–Kier alpha value is -2.60. The maximum Gasteiger partial charge on any atom is 0.404 e. The molecule has 1 amide bonds. The van der Waals surface area contributed by atoms with Crippen molar-refractivity contribution in [2.75, 3.05) is 13.1 Å². The van der Waals surface area contributed by atoms with E-state index < -0.39 is 6.09 Å². The lowest BCUT2D eigenvalue weighted by atomic mass is 9.90. The number of nitrogens with one attached hydrogen (secondary N) is 2. The van der Waals surface area contributed by atoms with Gasteiger partial charge in [0.25, 0.3) is 0 Å². The van der Waals surface area contributed by atoms with Crippen LogP contribution in [-0.4, -0.2) is 30.4 Å². The van der Waals surface area contributed by atoms with Crippen molar-refractivity contribution < 1.29 is 19.0 Å². The first kappa shape index (κ1) is 17.2. The van der Waals surface area contributed by atoms with E-state index in [9.17, 15) is 9.18 Å². The fourth-order valence-electron chi connectivity index (χ4n) is 3.13. The summed E-state index contributed by atoms with van der Waals surface area (Å²) >= 11 is 0. The Kier molecular flexibility index (Phi) is 5.50. The molecule has 1 heterocycles. The summed E-state index contributed by atoms with van der Waals surface area (Å²) in [5.41, 5.74) is 1.54. The first-order valence-corrected chi connectivity index (χ1v) is 8.29. The molecule has 2 atom stereocenters. The van der Waals surface area contributed by atoms with Crippen molar-refractivity contribution in [1.29, 1.82) is 0 Å². The summed E-state index contributed by atoms with van der Waals surface area (Å²) in [6, 6.07) is 14.2. The summed E-state index contributed by atoms with van der Waals surface area (Å²) < 4.78 is 20.0. The monoisotopic (exact) mass is 344 g/mol. The lowest BCUT2D eigenvalue weighted by molar-refractivity contribution is 0.155. The van der Waals surface area contributed by atoms with Crippen molar-refractivity contribution in [3.63, 3.8) is 0 Å². The number of rotatable bonds is 5. The molecule has 0 aliphatic carbocycles.